The summed E-state index contributed by atoms with van der Waals surface area (Å²) >= 11 is 11.9. The fraction of sp³-hybridized carbons (Fsp3) is 0. The van der Waals surface area contributed by atoms with Crippen molar-refractivity contribution in [1.29, 1.82) is 0 Å². The van der Waals surface area contributed by atoms with Gasteiger partial charge in [-0.15, -0.1) is 0 Å². The molecule has 0 atom stereocenters. The maximum absolute atomic E-state index is 11.0. The first-order chi connectivity index (χ1) is 9.56. The molecule has 20 heavy (non-hydrogen) atoms. The van der Waals surface area contributed by atoms with Crippen LogP contribution in [0.4, 0.5) is 5.69 Å². The second-order valence-corrected chi connectivity index (χ2v) is 4.96. The van der Waals surface area contributed by atoms with Crippen LogP contribution in [-0.2, 0) is 0 Å². The minimum Gasteiger partial charge on any atom is -0.338 e. The zero-order valence-electron chi connectivity index (χ0n) is 9.93. The molecule has 0 amide bonds. The van der Waals surface area contributed by atoms with Crippen molar-refractivity contribution in [2.24, 2.45) is 0 Å². The van der Waals surface area contributed by atoms with E-state index in [1.807, 2.05) is 0 Å². The zero-order chi connectivity index (χ0) is 14.3. The number of nitrogens with one attached hydrogen (secondary N) is 1. The third kappa shape index (κ3) is 2.11. The highest BCUT2D eigenvalue weighted by molar-refractivity contribution is 6.42. The van der Waals surface area contributed by atoms with Gasteiger partial charge in [0.25, 0.3) is 5.69 Å². The highest BCUT2D eigenvalue weighted by Gasteiger charge is 2.17. The van der Waals surface area contributed by atoms with Gasteiger partial charge in [0.2, 0.25) is 0 Å². The molecule has 5 nitrogen and oxygen atoms in total. The van der Waals surface area contributed by atoms with Crippen molar-refractivity contribution >= 4 is 39.9 Å². The third-order valence-corrected chi connectivity index (χ3v) is 3.60. The van der Waals surface area contributed by atoms with E-state index in [4.69, 9.17) is 23.2 Å². The molecular weight excluding hydrogens is 301 g/mol. The van der Waals surface area contributed by atoms with Crippen LogP contribution in [0, 0.1) is 10.1 Å². The van der Waals surface area contributed by atoms with Crippen molar-refractivity contribution in [1.82, 2.24) is 9.97 Å². The number of nitro groups is 1. The number of aromatic amines is 1. The summed E-state index contributed by atoms with van der Waals surface area (Å²) in [6.07, 6.45) is 0. The first-order valence-electron chi connectivity index (χ1n) is 5.65. The van der Waals surface area contributed by atoms with Crippen LogP contribution in [0.25, 0.3) is 22.4 Å². The monoisotopic (exact) mass is 307 g/mol. The molecule has 0 saturated heterocycles. The maximum Gasteiger partial charge on any atom is 0.280 e. The van der Waals surface area contributed by atoms with Crippen LogP contribution >= 0.6 is 23.2 Å². The zero-order valence-corrected chi connectivity index (χ0v) is 11.4. The number of halogens is 2. The summed E-state index contributed by atoms with van der Waals surface area (Å²) in [5.74, 6) is 0.408. The SMILES string of the molecule is O=[N+]([O-])c1ccccc1-c1nc2cc(Cl)c(Cl)cc2[nH]1. The number of benzene rings is 2. The Hall–Kier alpha value is -2.11. The molecule has 0 aliphatic rings. The average Bonchev–Trinajstić information content (AvgIpc) is 2.82. The topological polar surface area (TPSA) is 71.8 Å². The maximum atomic E-state index is 11.0. The number of para-hydroxylation sites is 1. The minimum atomic E-state index is -0.442. The molecule has 1 aromatic heterocycles. The van der Waals surface area contributed by atoms with Gasteiger partial charge in [-0.3, -0.25) is 10.1 Å². The summed E-state index contributed by atoms with van der Waals surface area (Å²) in [5, 5.41) is 11.8. The van der Waals surface area contributed by atoms with E-state index in [1.165, 1.54) is 6.07 Å². The highest BCUT2D eigenvalue weighted by atomic mass is 35.5. The Morgan fingerprint density at radius 2 is 1.85 bits per heavy atom. The summed E-state index contributed by atoms with van der Waals surface area (Å²) in [5.41, 5.74) is 1.68. The van der Waals surface area contributed by atoms with Crippen LogP contribution in [0.15, 0.2) is 36.4 Å². The summed E-state index contributed by atoms with van der Waals surface area (Å²) in [7, 11) is 0. The van der Waals surface area contributed by atoms with Gasteiger partial charge in [0.1, 0.15) is 5.82 Å². The number of rotatable bonds is 2. The molecule has 3 aromatic rings. The molecule has 0 spiro atoms. The normalized spacial score (nSPS) is 10.9. The van der Waals surface area contributed by atoms with Gasteiger partial charge in [-0.1, -0.05) is 35.3 Å². The van der Waals surface area contributed by atoms with Crippen LogP contribution < -0.4 is 0 Å². The predicted octanol–water partition coefficient (Wildman–Crippen LogP) is 4.44. The number of hydrogen-bond acceptors (Lipinski definition) is 3. The molecule has 1 heterocycles. The van der Waals surface area contributed by atoms with Gasteiger partial charge in [-0.2, -0.15) is 0 Å². The number of fused-ring (bicyclic) bond motifs is 1. The van der Waals surface area contributed by atoms with Crippen LogP contribution in [0.2, 0.25) is 10.0 Å². The van der Waals surface area contributed by atoms with Crippen molar-refractivity contribution in [3.05, 3.63) is 56.6 Å². The predicted molar refractivity (Wildman–Crippen MR) is 78.2 cm³/mol. The number of hydrogen-bond donors (Lipinski definition) is 1. The van der Waals surface area contributed by atoms with E-state index in [2.05, 4.69) is 9.97 Å². The molecule has 0 radical (unpaired) electrons. The molecule has 0 fully saturated rings. The quantitative estimate of drug-likeness (QED) is 0.561. The molecule has 0 bridgehead atoms. The van der Waals surface area contributed by atoms with E-state index in [0.29, 0.717) is 32.5 Å². The average molecular weight is 308 g/mol. The molecule has 0 saturated carbocycles. The number of nitro benzene ring substituents is 1. The molecule has 0 aliphatic heterocycles. The van der Waals surface area contributed by atoms with E-state index in [1.54, 1.807) is 30.3 Å². The van der Waals surface area contributed by atoms with Crippen LogP contribution in [0.5, 0.6) is 0 Å². The fourth-order valence-corrected chi connectivity index (χ4v) is 2.29. The van der Waals surface area contributed by atoms with Crippen molar-refractivity contribution in [2.75, 3.05) is 0 Å². The van der Waals surface area contributed by atoms with Gasteiger partial charge in [0.15, 0.2) is 0 Å². The second-order valence-electron chi connectivity index (χ2n) is 4.14. The second kappa shape index (κ2) is 4.77. The highest BCUT2D eigenvalue weighted by Crippen LogP contribution is 2.31. The van der Waals surface area contributed by atoms with Gasteiger partial charge < -0.3 is 4.98 Å². The van der Waals surface area contributed by atoms with Crippen LogP contribution in [-0.4, -0.2) is 14.9 Å². The van der Waals surface area contributed by atoms with Gasteiger partial charge in [0.05, 0.1) is 31.6 Å². The molecule has 1 N–H and O–H groups in total. The Bertz CT molecular complexity index is 791. The summed E-state index contributed by atoms with van der Waals surface area (Å²) in [6.45, 7) is 0. The van der Waals surface area contributed by atoms with E-state index >= 15 is 0 Å². The Morgan fingerprint density at radius 3 is 2.60 bits per heavy atom. The third-order valence-electron chi connectivity index (χ3n) is 2.88. The van der Waals surface area contributed by atoms with Gasteiger partial charge in [0, 0.05) is 6.07 Å². The van der Waals surface area contributed by atoms with E-state index in [0.717, 1.165) is 0 Å². The van der Waals surface area contributed by atoms with E-state index < -0.39 is 4.92 Å². The standard InChI is InChI=1S/C13H7Cl2N3O2/c14-8-5-10-11(6-9(8)15)17-13(16-10)7-3-1-2-4-12(7)18(19)20/h1-6H,(H,16,17). The number of nitrogens with zero attached hydrogens (tertiary/aromatic N) is 2. The molecular formula is C13H7Cl2N3O2. The summed E-state index contributed by atoms with van der Waals surface area (Å²) in [6, 6.07) is 9.66. The molecule has 0 aliphatic carbocycles. The Balaban J connectivity index is 2.23. The first-order valence-corrected chi connectivity index (χ1v) is 6.40. The van der Waals surface area contributed by atoms with Crippen molar-refractivity contribution in [2.45, 2.75) is 0 Å². The smallest absolute Gasteiger partial charge is 0.280 e. The van der Waals surface area contributed by atoms with E-state index in [-0.39, 0.29) is 5.69 Å². The molecule has 100 valence electrons. The Labute approximate surface area is 123 Å². The lowest BCUT2D eigenvalue weighted by Gasteiger charge is -1.98. The summed E-state index contributed by atoms with van der Waals surface area (Å²) < 4.78 is 0. The molecule has 7 heteroatoms. The molecule has 3 rings (SSSR count). The van der Waals surface area contributed by atoms with Crippen molar-refractivity contribution in [3.8, 4) is 11.4 Å². The lowest BCUT2D eigenvalue weighted by Crippen LogP contribution is -1.92. The van der Waals surface area contributed by atoms with Crippen LogP contribution in [0.1, 0.15) is 0 Å². The van der Waals surface area contributed by atoms with Gasteiger partial charge in [-0.05, 0) is 18.2 Å². The fourth-order valence-electron chi connectivity index (χ4n) is 1.97. The van der Waals surface area contributed by atoms with Crippen LogP contribution in [0.3, 0.4) is 0 Å². The summed E-state index contributed by atoms with van der Waals surface area (Å²) in [4.78, 5) is 17.9. The van der Waals surface area contributed by atoms with Crippen molar-refractivity contribution < 1.29 is 4.92 Å². The number of H-pyrrole nitrogens is 1. The van der Waals surface area contributed by atoms with Crippen molar-refractivity contribution in [3.63, 3.8) is 0 Å². The first kappa shape index (κ1) is 12.9. The minimum absolute atomic E-state index is 0.0104. The molecule has 2 aromatic carbocycles. The molecule has 0 unspecified atom stereocenters. The largest absolute Gasteiger partial charge is 0.338 e. The number of aromatic nitrogens is 2. The lowest BCUT2D eigenvalue weighted by atomic mass is 10.2. The van der Waals surface area contributed by atoms with E-state index in [9.17, 15) is 10.1 Å². The Kier molecular flexibility index (Phi) is 3.08. The van der Waals surface area contributed by atoms with Gasteiger partial charge in [-0.25, -0.2) is 4.98 Å². The number of imidazole rings is 1. The lowest BCUT2D eigenvalue weighted by molar-refractivity contribution is -0.384. The Morgan fingerprint density at radius 1 is 1.15 bits per heavy atom. The van der Waals surface area contributed by atoms with Gasteiger partial charge >= 0.3 is 0 Å².